The molecule has 8 heteroatoms. The molecule has 2 aromatic rings. The molecule has 0 aliphatic rings. The fraction of sp³-hybridized carbons (Fsp3) is 0.273. The number of carbonyl (C=O) groups excluding carboxylic acids is 1. The number of halogens is 2. The molecule has 0 unspecified atom stereocenters. The monoisotopic (exact) mass is 416 g/mol. The SMILES string of the molecule is CCOc1ccc(N(CCC#N)C(=O)/C=C/c2ccc(OC(F)F)c(OC)c2)cc1. The quantitative estimate of drug-likeness (QED) is 0.527. The molecule has 30 heavy (non-hydrogen) atoms. The summed E-state index contributed by atoms with van der Waals surface area (Å²) in [5.74, 6) is 0.378. The van der Waals surface area contributed by atoms with Crippen LogP contribution in [0.2, 0.25) is 0 Å². The summed E-state index contributed by atoms with van der Waals surface area (Å²) in [4.78, 5) is 14.2. The summed E-state index contributed by atoms with van der Waals surface area (Å²) in [6, 6.07) is 13.4. The van der Waals surface area contributed by atoms with Crippen molar-refractivity contribution in [3.63, 3.8) is 0 Å². The summed E-state index contributed by atoms with van der Waals surface area (Å²) in [5, 5.41) is 8.91. The minimum absolute atomic E-state index is 0.0963. The van der Waals surface area contributed by atoms with Crippen molar-refractivity contribution in [3.8, 4) is 23.3 Å². The summed E-state index contributed by atoms with van der Waals surface area (Å²) >= 11 is 0. The summed E-state index contributed by atoms with van der Waals surface area (Å²) in [6.07, 6.45) is 3.04. The third kappa shape index (κ3) is 6.48. The van der Waals surface area contributed by atoms with Gasteiger partial charge in [0.05, 0.1) is 26.2 Å². The van der Waals surface area contributed by atoms with Crippen molar-refractivity contribution in [2.45, 2.75) is 20.0 Å². The van der Waals surface area contributed by atoms with Gasteiger partial charge < -0.3 is 19.1 Å². The molecule has 0 aromatic heterocycles. The van der Waals surface area contributed by atoms with Crippen LogP contribution in [0.5, 0.6) is 17.2 Å². The second kappa shape index (κ2) is 11.4. The molecule has 0 radical (unpaired) electrons. The highest BCUT2D eigenvalue weighted by atomic mass is 19.3. The predicted molar refractivity (Wildman–Crippen MR) is 109 cm³/mol. The van der Waals surface area contributed by atoms with Crippen LogP contribution in [0.4, 0.5) is 14.5 Å². The van der Waals surface area contributed by atoms with Crippen LogP contribution in [0, 0.1) is 11.3 Å². The number of methoxy groups -OCH3 is 1. The van der Waals surface area contributed by atoms with Gasteiger partial charge in [0.1, 0.15) is 5.75 Å². The molecule has 0 N–H and O–H groups in total. The van der Waals surface area contributed by atoms with Gasteiger partial charge in [-0.15, -0.1) is 0 Å². The van der Waals surface area contributed by atoms with E-state index in [9.17, 15) is 13.6 Å². The first kappa shape index (κ1) is 22.7. The zero-order valence-corrected chi connectivity index (χ0v) is 16.7. The molecule has 0 fully saturated rings. The third-order valence-electron chi connectivity index (χ3n) is 3.99. The van der Waals surface area contributed by atoms with Crippen LogP contribution in [0.1, 0.15) is 18.9 Å². The Morgan fingerprint density at radius 2 is 1.93 bits per heavy atom. The fourth-order valence-electron chi connectivity index (χ4n) is 2.66. The number of nitrogens with zero attached hydrogens (tertiary/aromatic N) is 2. The Labute approximate surface area is 173 Å². The molecule has 0 atom stereocenters. The highest BCUT2D eigenvalue weighted by molar-refractivity contribution is 6.03. The Morgan fingerprint density at radius 1 is 1.20 bits per heavy atom. The predicted octanol–water partition coefficient (Wildman–Crippen LogP) is 4.66. The number of rotatable bonds is 10. The van der Waals surface area contributed by atoms with E-state index >= 15 is 0 Å². The first-order chi connectivity index (χ1) is 14.5. The Bertz CT molecular complexity index is 908. The van der Waals surface area contributed by atoms with E-state index in [1.807, 2.05) is 13.0 Å². The Hall–Kier alpha value is -3.60. The number of carbonyl (C=O) groups is 1. The zero-order valence-electron chi connectivity index (χ0n) is 16.7. The average Bonchev–Trinajstić information content (AvgIpc) is 2.74. The number of amides is 1. The van der Waals surface area contributed by atoms with Crippen LogP contribution in [-0.4, -0.2) is 32.8 Å². The highest BCUT2D eigenvalue weighted by Crippen LogP contribution is 2.30. The fourth-order valence-corrected chi connectivity index (χ4v) is 2.66. The molecule has 0 heterocycles. The minimum atomic E-state index is -2.97. The molecule has 0 bridgehead atoms. The summed E-state index contributed by atoms with van der Waals surface area (Å²) < 4.78 is 39.7. The lowest BCUT2D eigenvalue weighted by molar-refractivity contribution is -0.114. The standard InChI is InChI=1S/C22H22F2N2O4/c1-3-29-18-9-7-17(8-10-18)26(14-4-13-25)21(27)12-6-16-5-11-19(30-22(23)24)20(15-16)28-2/h5-12,15,22H,3-4,14H2,1-2H3/b12-6+. The number of anilines is 1. The van der Waals surface area contributed by atoms with Crippen LogP contribution < -0.4 is 19.1 Å². The average molecular weight is 416 g/mol. The van der Waals surface area contributed by atoms with Gasteiger partial charge >= 0.3 is 6.61 Å². The molecule has 2 rings (SSSR count). The van der Waals surface area contributed by atoms with Crippen molar-refractivity contribution in [2.75, 3.05) is 25.2 Å². The molecule has 0 aliphatic carbocycles. The molecule has 0 saturated heterocycles. The lowest BCUT2D eigenvalue weighted by Crippen LogP contribution is -2.30. The number of hydrogen-bond donors (Lipinski definition) is 0. The maximum atomic E-state index is 12.7. The first-order valence-electron chi connectivity index (χ1n) is 9.20. The van der Waals surface area contributed by atoms with E-state index in [4.69, 9.17) is 14.7 Å². The minimum Gasteiger partial charge on any atom is -0.494 e. The van der Waals surface area contributed by atoms with Crippen LogP contribution >= 0.6 is 0 Å². The van der Waals surface area contributed by atoms with Gasteiger partial charge in [-0.25, -0.2) is 0 Å². The van der Waals surface area contributed by atoms with Crippen molar-refractivity contribution < 1.29 is 27.8 Å². The number of alkyl halides is 2. The summed E-state index contributed by atoms with van der Waals surface area (Å²) in [7, 11) is 1.34. The molecule has 1 amide bonds. The van der Waals surface area contributed by atoms with Crippen molar-refractivity contribution in [2.24, 2.45) is 0 Å². The molecule has 6 nitrogen and oxygen atoms in total. The van der Waals surface area contributed by atoms with E-state index in [0.29, 0.717) is 23.6 Å². The van der Waals surface area contributed by atoms with Crippen molar-refractivity contribution >= 4 is 17.7 Å². The van der Waals surface area contributed by atoms with E-state index in [-0.39, 0.29) is 30.4 Å². The number of hydrogen-bond acceptors (Lipinski definition) is 5. The lowest BCUT2D eigenvalue weighted by Gasteiger charge is -2.20. The summed E-state index contributed by atoms with van der Waals surface area (Å²) in [6.45, 7) is -0.338. The maximum absolute atomic E-state index is 12.7. The van der Waals surface area contributed by atoms with Crippen molar-refractivity contribution in [3.05, 3.63) is 54.1 Å². The smallest absolute Gasteiger partial charge is 0.387 e. The zero-order chi connectivity index (χ0) is 21.9. The summed E-state index contributed by atoms with van der Waals surface area (Å²) in [5.41, 5.74) is 1.19. The van der Waals surface area contributed by atoms with Gasteiger partial charge in [0.2, 0.25) is 0 Å². The maximum Gasteiger partial charge on any atom is 0.387 e. The van der Waals surface area contributed by atoms with E-state index < -0.39 is 6.61 Å². The van der Waals surface area contributed by atoms with E-state index in [0.717, 1.165) is 0 Å². The topological polar surface area (TPSA) is 71.8 Å². The van der Waals surface area contributed by atoms with E-state index in [1.54, 1.807) is 24.3 Å². The lowest BCUT2D eigenvalue weighted by atomic mass is 10.1. The third-order valence-corrected chi connectivity index (χ3v) is 3.99. The first-order valence-corrected chi connectivity index (χ1v) is 9.20. The normalized spacial score (nSPS) is 10.7. The van der Waals surface area contributed by atoms with Crippen LogP contribution in [0.3, 0.4) is 0 Å². The number of ether oxygens (including phenoxy) is 3. The van der Waals surface area contributed by atoms with Gasteiger partial charge in [-0.1, -0.05) is 6.07 Å². The van der Waals surface area contributed by atoms with Crippen LogP contribution in [-0.2, 0) is 4.79 Å². The van der Waals surface area contributed by atoms with Gasteiger partial charge in [-0.05, 0) is 55.0 Å². The molecular weight excluding hydrogens is 394 g/mol. The van der Waals surface area contributed by atoms with Gasteiger partial charge in [-0.2, -0.15) is 14.0 Å². The van der Waals surface area contributed by atoms with Crippen molar-refractivity contribution in [1.82, 2.24) is 0 Å². The Balaban J connectivity index is 2.20. The Kier molecular flexibility index (Phi) is 8.63. The second-order valence-corrected chi connectivity index (χ2v) is 5.95. The van der Waals surface area contributed by atoms with Gasteiger partial charge in [0.15, 0.2) is 11.5 Å². The molecule has 0 spiro atoms. The molecule has 0 saturated carbocycles. The largest absolute Gasteiger partial charge is 0.494 e. The van der Waals surface area contributed by atoms with Crippen molar-refractivity contribution in [1.29, 1.82) is 5.26 Å². The van der Waals surface area contributed by atoms with E-state index in [1.165, 1.54) is 42.4 Å². The van der Waals surface area contributed by atoms with Gasteiger partial charge in [0, 0.05) is 18.3 Å². The van der Waals surface area contributed by atoms with Gasteiger partial charge in [-0.3, -0.25) is 4.79 Å². The molecule has 0 aliphatic heterocycles. The number of benzene rings is 2. The van der Waals surface area contributed by atoms with Crippen LogP contribution in [0.15, 0.2) is 48.5 Å². The van der Waals surface area contributed by atoms with E-state index in [2.05, 4.69) is 4.74 Å². The second-order valence-electron chi connectivity index (χ2n) is 5.95. The highest BCUT2D eigenvalue weighted by Gasteiger charge is 2.14. The molecule has 2 aromatic carbocycles. The van der Waals surface area contributed by atoms with Crippen LogP contribution in [0.25, 0.3) is 6.08 Å². The molecular formula is C22H22F2N2O4. The Morgan fingerprint density at radius 3 is 2.53 bits per heavy atom. The molecule has 158 valence electrons. The van der Waals surface area contributed by atoms with Gasteiger partial charge in [0.25, 0.3) is 5.91 Å². The number of nitriles is 1.